The van der Waals surface area contributed by atoms with Crippen LogP contribution in [0.1, 0.15) is 0 Å². The molecule has 0 bridgehead atoms. The highest BCUT2D eigenvalue weighted by Crippen LogP contribution is 2.27. The second kappa shape index (κ2) is 3.93. The molecular weight excluding hydrogens is 287 g/mol. The Balaban J connectivity index is 2.60. The van der Waals surface area contributed by atoms with Crippen molar-refractivity contribution in [3.05, 3.63) is 45.1 Å². The van der Waals surface area contributed by atoms with E-state index in [0.29, 0.717) is 10.2 Å². The van der Waals surface area contributed by atoms with E-state index in [0.717, 1.165) is 10.2 Å². The molecule has 2 aromatic rings. The van der Waals surface area contributed by atoms with Gasteiger partial charge in [0.25, 0.3) is 0 Å². The Labute approximate surface area is 99.6 Å². The fourth-order valence-electron chi connectivity index (χ4n) is 1.11. The van der Waals surface area contributed by atoms with Gasteiger partial charge in [-0.3, -0.25) is 0 Å². The minimum Gasteiger partial charge on any atom is -0.220 e. The van der Waals surface area contributed by atoms with Gasteiger partial charge in [-0.05, 0) is 28.1 Å². The molecule has 0 aliphatic heterocycles. The molecule has 0 aliphatic carbocycles. The van der Waals surface area contributed by atoms with Gasteiger partial charge in [-0.2, -0.15) is 5.10 Å². The average Bonchev–Trinajstić information content (AvgIpc) is 2.49. The number of para-hydroxylation sites is 1. The predicted molar refractivity (Wildman–Crippen MR) is 61.3 cm³/mol. The molecular formula is C9H5BrCl2N2. The zero-order valence-corrected chi connectivity index (χ0v) is 10.0. The van der Waals surface area contributed by atoms with Crippen molar-refractivity contribution in [3.8, 4) is 5.69 Å². The van der Waals surface area contributed by atoms with Crippen LogP contribution < -0.4 is 0 Å². The molecule has 0 aliphatic rings. The topological polar surface area (TPSA) is 17.8 Å². The quantitative estimate of drug-likeness (QED) is 0.778. The van der Waals surface area contributed by atoms with Crippen LogP contribution in [-0.4, -0.2) is 9.78 Å². The minimum atomic E-state index is 0.512. The average molecular weight is 292 g/mol. The number of rotatable bonds is 1. The molecule has 72 valence electrons. The molecule has 0 fully saturated rings. The summed E-state index contributed by atoms with van der Waals surface area (Å²) in [4.78, 5) is 0. The summed E-state index contributed by atoms with van der Waals surface area (Å²) in [5.41, 5.74) is 0.768. The van der Waals surface area contributed by atoms with E-state index in [1.807, 2.05) is 18.2 Å². The maximum Gasteiger partial charge on any atom is 0.147 e. The van der Waals surface area contributed by atoms with Crippen LogP contribution >= 0.6 is 39.1 Å². The fourth-order valence-corrected chi connectivity index (χ4v) is 1.76. The Hall–Kier alpha value is -0.510. The highest BCUT2D eigenvalue weighted by Gasteiger charge is 2.09. The fraction of sp³-hybridized carbons (Fsp3) is 0. The molecule has 2 nitrogen and oxygen atoms in total. The molecule has 0 amide bonds. The van der Waals surface area contributed by atoms with Gasteiger partial charge in [0.1, 0.15) is 5.15 Å². The highest BCUT2D eigenvalue weighted by molar-refractivity contribution is 9.10. The summed E-state index contributed by atoms with van der Waals surface area (Å²) in [6, 6.07) is 7.39. The molecule has 0 spiro atoms. The lowest BCUT2D eigenvalue weighted by Gasteiger charge is -2.04. The van der Waals surface area contributed by atoms with E-state index in [4.69, 9.17) is 23.2 Å². The van der Waals surface area contributed by atoms with Crippen molar-refractivity contribution in [3.63, 3.8) is 0 Å². The molecule has 14 heavy (non-hydrogen) atoms. The third kappa shape index (κ3) is 1.67. The molecule has 1 aromatic carbocycles. The summed E-state index contributed by atoms with van der Waals surface area (Å²) < 4.78 is 2.33. The molecule has 1 heterocycles. The van der Waals surface area contributed by atoms with Crippen LogP contribution in [0.2, 0.25) is 10.2 Å². The maximum absolute atomic E-state index is 6.01. The first-order valence-corrected chi connectivity index (χ1v) is 5.39. The van der Waals surface area contributed by atoms with E-state index in [9.17, 15) is 0 Å². The summed E-state index contributed by atoms with van der Waals surface area (Å²) in [5.74, 6) is 0. The Morgan fingerprint density at radius 2 is 1.93 bits per heavy atom. The van der Waals surface area contributed by atoms with E-state index in [2.05, 4.69) is 21.0 Å². The van der Waals surface area contributed by atoms with E-state index in [-0.39, 0.29) is 0 Å². The third-order valence-corrected chi connectivity index (χ3v) is 3.24. The van der Waals surface area contributed by atoms with Crippen molar-refractivity contribution in [2.75, 3.05) is 0 Å². The zero-order chi connectivity index (χ0) is 10.1. The molecule has 0 saturated carbocycles. The van der Waals surface area contributed by atoms with Crippen LogP contribution in [0, 0.1) is 0 Å². The number of hydrogen-bond donors (Lipinski definition) is 0. The van der Waals surface area contributed by atoms with Crippen molar-refractivity contribution >= 4 is 39.1 Å². The van der Waals surface area contributed by atoms with Gasteiger partial charge in [0.15, 0.2) is 0 Å². The number of nitrogens with zero attached hydrogens (tertiary/aromatic N) is 2. The van der Waals surface area contributed by atoms with E-state index >= 15 is 0 Å². The van der Waals surface area contributed by atoms with Crippen LogP contribution in [0.15, 0.2) is 34.9 Å². The first-order chi connectivity index (χ1) is 6.70. The third-order valence-electron chi connectivity index (χ3n) is 1.75. The van der Waals surface area contributed by atoms with Gasteiger partial charge in [0.05, 0.1) is 21.4 Å². The van der Waals surface area contributed by atoms with Crippen LogP contribution in [0.4, 0.5) is 0 Å². The molecule has 2 rings (SSSR count). The second-order valence-corrected chi connectivity index (χ2v) is 4.27. The lowest BCUT2D eigenvalue weighted by molar-refractivity contribution is 0.881. The first-order valence-electron chi connectivity index (χ1n) is 3.84. The summed E-state index contributed by atoms with van der Waals surface area (Å²) in [6.07, 6.45) is 1.63. The van der Waals surface area contributed by atoms with Gasteiger partial charge in [-0.25, -0.2) is 4.68 Å². The molecule has 0 atom stereocenters. The summed E-state index contributed by atoms with van der Waals surface area (Å²) in [7, 11) is 0. The number of benzene rings is 1. The predicted octanol–water partition coefficient (Wildman–Crippen LogP) is 3.94. The van der Waals surface area contributed by atoms with Crippen LogP contribution in [0.3, 0.4) is 0 Å². The van der Waals surface area contributed by atoms with E-state index in [1.165, 1.54) is 0 Å². The van der Waals surface area contributed by atoms with Gasteiger partial charge < -0.3 is 0 Å². The number of halogens is 3. The Morgan fingerprint density at radius 1 is 1.21 bits per heavy atom. The Morgan fingerprint density at radius 3 is 2.50 bits per heavy atom. The molecule has 0 saturated heterocycles. The van der Waals surface area contributed by atoms with Crippen LogP contribution in [0.5, 0.6) is 0 Å². The van der Waals surface area contributed by atoms with Gasteiger partial charge in [0, 0.05) is 0 Å². The lowest BCUT2D eigenvalue weighted by Crippen LogP contribution is -1.96. The molecule has 5 heteroatoms. The highest BCUT2D eigenvalue weighted by atomic mass is 79.9. The van der Waals surface area contributed by atoms with Crippen molar-refractivity contribution in [1.82, 2.24) is 9.78 Å². The monoisotopic (exact) mass is 290 g/mol. The van der Waals surface area contributed by atoms with Crippen molar-refractivity contribution in [1.29, 1.82) is 0 Å². The summed E-state index contributed by atoms with van der Waals surface area (Å²) in [5, 5.41) is 5.23. The molecule has 0 unspecified atom stereocenters. The Bertz CT molecular complexity index is 468. The lowest BCUT2D eigenvalue weighted by atomic mass is 10.3. The smallest absolute Gasteiger partial charge is 0.147 e. The first kappa shape index (κ1) is 10.0. The molecule has 1 aromatic heterocycles. The van der Waals surface area contributed by atoms with Crippen LogP contribution in [0.25, 0.3) is 5.69 Å². The number of aromatic nitrogens is 2. The van der Waals surface area contributed by atoms with Gasteiger partial charge in [-0.15, -0.1) is 0 Å². The number of hydrogen-bond acceptors (Lipinski definition) is 1. The molecule has 0 radical (unpaired) electrons. The largest absolute Gasteiger partial charge is 0.220 e. The molecule has 0 N–H and O–H groups in total. The van der Waals surface area contributed by atoms with Crippen molar-refractivity contribution in [2.45, 2.75) is 0 Å². The normalized spacial score (nSPS) is 10.5. The van der Waals surface area contributed by atoms with Crippen molar-refractivity contribution in [2.24, 2.45) is 0 Å². The van der Waals surface area contributed by atoms with E-state index in [1.54, 1.807) is 16.9 Å². The summed E-state index contributed by atoms with van der Waals surface area (Å²) >= 11 is 15.3. The standard InChI is InChI=1S/C9H5BrCl2N2/c10-6-5-13-14(9(6)12)8-4-2-1-3-7(8)11/h1-5H. The zero-order valence-electron chi connectivity index (χ0n) is 6.92. The van der Waals surface area contributed by atoms with Gasteiger partial charge in [0.2, 0.25) is 0 Å². The van der Waals surface area contributed by atoms with Crippen molar-refractivity contribution < 1.29 is 0 Å². The second-order valence-electron chi connectivity index (χ2n) is 2.65. The van der Waals surface area contributed by atoms with Gasteiger partial charge >= 0.3 is 0 Å². The summed E-state index contributed by atoms with van der Waals surface area (Å²) in [6.45, 7) is 0. The van der Waals surface area contributed by atoms with E-state index < -0.39 is 0 Å². The minimum absolute atomic E-state index is 0.512. The maximum atomic E-state index is 6.01. The SMILES string of the molecule is Clc1ccccc1-n1ncc(Br)c1Cl. The van der Waals surface area contributed by atoms with Crippen LogP contribution in [-0.2, 0) is 0 Å². The Kier molecular flexibility index (Phi) is 2.81. The van der Waals surface area contributed by atoms with Gasteiger partial charge in [-0.1, -0.05) is 35.3 Å².